The fourth-order valence-corrected chi connectivity index (χ4v) is 2.98. The number of carbonyl (C=O) groups excluding carboxylic acids is 2. The zero-order valence-corrected chi connectivity index (χ0v) is 14.5. The van der Waals surface area contributed by atoms with E-state index in [9.17, 15) is 9.59 Å². The molecule has 0 atom stereocenters. The molecule has 1 aliphatic heterocycles. The van der Waals surface area contributed by atoms with Gasteiger partial charge >= 0.3 is 0 Å². The third-order valence-corrected chi connectivity index (χ3v) is 4.45. The molecule has 5 heteroatoms. The molecule has 0 spiro atoms. The largest absolute Gasteiger partial charge is 0.339 e. The van der Waals surface area contributed by atoms with E-state index < -0.39 is 0 Å². The van der Waals surface area contributed by atoms with Gasteiger partial charge in [-0.3, -0.25) is 14.6 Å². The van der Waals surface area contributed by atoms with Crippen molar-refractivity contribution in [2.75, 3.05) is 18.4 Å². The maximum absolute atomic E-state index is 12.7. The highest BCUT2D eigenvalue weighted by Gasteiger charge is 2.19. The predicted molar refractivity (Wildman–Crippen MR) is 97.7 cm³/mol. The number of hydrogen-bond acceptors (Lipinski definition) is 3. The average molecular weight is 337 g/mol. The first-order chi connectivity index (χ1) is 12.1. The number of nitrogens with zero attached hydrogens (tertiary/aromatic N) is 2. The van der Waals surface area contributed by atoms with E-state index in [1.807, 2.05) is 36.1 Å². The molecule has 0 saturated carbocycles. The number of aryl methyl sites for hydroxylation is 1. The van der Waals surface area contributed by atoms with Crippen molar-refractivity contribution in [1.82, 2.24) is 9.88 Å². The SMILES string of the molecule is Cc1ccc(NC(=O)c2cncc(C(=O)N3CCCCCC3)c2)cc1. The van der Waals surface area contributed by atoms with E-state index in [1.54, 1.807) is 6.07 Å². The van der Waals surface area contributed by atoms with Crippen molar-refractivity contribution in [3.05, 3.63) is 59.4 Å². The maximum Gasteiger partial charge on any atom is 0.257 e. The smallest absolute Gasteiger partial charge is 0.257 e. The standard InChI is InChI=1S/C20H23N3O2/c1-15-6-8-18(9-7-15)22-19(24)16-12-17(14-21-13-16)20(25)23-10-4-2-3-5-11-23/h6-9,12-14H,2-5,10-11H2,1H3,(H,22,24). The first-order valence-electron chi connectivity index (χ1n) is 8.76. The minimum Gasteiger partial charge on any atom is -0.339 e. The van der Waals surface area contributed by atoms with Crippen molar-refractivity contribution in [1.29, 1.82) is 0 Å². The van der Waals surface area contributed by atoms with Crippen LogP contribution < -0.4 is 5.32 Å². The van der Waals surface area contributed by atoms with Gasteiger partial charge in [0.2, 0.25) is 0 Å². The van der Waals surface area contributed by atoms with Gasteiger partial charge in [0.25, 0.3) is 11.8 Å². The molecule has 1 aliphatic rings. The lowest BCUT2D eigenvalue weighted by atomic mass is 10.1. The van der Waals surface area contributed by atoms with Crippen LogP contribution in [-0.2, 0) is 0 Å². The van der Waals surface area contributed by atoms with E-state index in [1.165, 1.54) is 25.2 Å². The molecule has 2 heterocycles. The molecule has 0 unspecified atom stereocenters. The summed E-state index contributed by atoms with van der Waals surface area (Å²) in [5, 5.41) is 2.84. The van der Waals surface area contributed by atoms with E-state index in [2.05, 4.69) is 10.3 Å². The van der Waals surface area contributed by atoms with Crippen LogP contribution in [0.5, 0.6) is 0 Å². The average Bonchev–Trinajstić information content (AvgIpc) is 2.92. The van der Waals surface area contributed by atoms with Crippen molar-refractivity contribution in [2.24, 2.45) is 0 Å². The van der Waals surface area contributed by atoms with Gasteiger partial charge in [0, 0.05) is 31.2 Å². The maximum atomic E-state index is 12.7. The summed E-state index contributed by atoms with van der Waals surface area (Å²) in [6.45, 7) is 3.55. The van der Waals surface area contributed by atoms with Crippen LogP contribution in [0.4, 0.5) is 5.69 Å². The summed E-state index contributed by atoms with van der Waals surface area (Å²) in [7, 11) is 0. The van der Waals surface area contributed by atoms with Crippen molar-refractivity contribution < 1.29 is 9.59 Å². The van der Waals surface area contributed by atoms with Crippen LogP contribution in [0.1, 0.15) is 52.0 Å². The van der Waals surface area contributed by atoms with Crippen molar-refractivity contribution in [3.63, 3.8) is 0 Å². The zero-order chi connectivity index (χ0) is 17.6. The highest BCUT2D eigenvalue weighted by Crippen LogP contribution is 2.15. The summed E-state index contributed by atoms with van der Waals surface area (Å²) >= 11 is 0. The summed E-state index contributed by atoms with van der Waals surface area (Å²) in [5.74, 6) is -0.304. The Balaban J connectivity index is 1.72. The van der Waals surface area contributed by atoms with Gasteiger partial charge in [-0.25, -0.2) is 0 Å². The fourth-order valence-electron chi connectivity index (χ4n) is 2.98. The molecule has 2 amide bonds. The Morgan fingerprint density at radius 1 is 0.960 bits per heavy atom. The summed E-state index contributed by atoms with van der Waals surface area (Å²) in [4.78, 5) is 31.1. The molecule has 1 aromatic carbocycles. The van der Waals surface area contributed by atoms with E-state index in [0.717, 1.165) is 37.2 Å². The molecule has 0 radical (unpaired) electrons. The van der Waals surface area contributed by atoms with Crippen molar-refractivity contribution >= 4 is 17.5 Å². The number of aromatic nitrogens is 1. The Bertz CT molecular complexity index is 748. The summed E-state index contributed by atoms with van der Waals surface area (Å²) in [5.41, 5.74) is 2.71. The summed E-state index contributed by atoms with van der Waals surface area (Å²) in [6, 6.07) is 9.21. The Morgan fingerprint density at radius 3 is 2.28 bits per heavy atom. The number of anilines is 1. The van der Waals surface area contributed by atoms with Gasteiger partial charge in [0.1, 0.15) is 0 Å². The van der Waals surface area contributed by atoms with Crippen molar-refractivity contribution in [2.45, 2.75) is 32.6 Å². The molecule has 1 aromatic heterocycles. The molecule has 25 heavy (non-hydrogen) atoms. The monoisotopic (exact) mass is 337 g/mol. The number of carbonyl (C=O) groups is 2. The highest BCUT2D eigenvalue weighted by atomic mass is 16.2. The van der Waals surface area contributed by atoms with Gasteiger partial charge < -0.3 is 10.2 Å². The Labute approximate surface area is 148 Å². The molecule has 0 aliphatic carbocycles. The zero-order valence-electron chi connectivity index (χ0n) is 14.5. The number of pyridine rings is 1. The highest BCUT2D eigenvalue weighted by molar-refractivity contribution is 6.05. The van der Waals surface area contributed by atoms with E-state index >= 15 is 0 Å². The molecule has 1 N–H and O–H groups in total. The van der Waals surface area contributed by atoms with Crippen molar-refractivity contribution in [3.8, 4) is 0 Å². The first kappa shape index (κ1) is 17.1. The van der Waals surface area contributed by atoms with Gasteiger partial charge in [0.05, 0.1) is 11.1 Å². The van der Waals surface area contributed by atoms with E-state index in [-0.39, 0.29) is 11.8 Å². The minimum absolute atomic E-state index is 0.0422. The number of likely N-dealkylation sites (tertiary alicyclic amines) is 1. The number of rotatable bonds is 3. The number of hydrogen-bond donors (Lipinski definition) is 1. The molecule has 3 rings (SSSR count). The molecule has 1 saturated heterocycles. The van der Waals surface area contributed by atoms with Gasteiger partial charge in [-0.1, -0.05) is 30.5 Å². The van der Waals surface area contributed by atoms with Gasteiger partial charge in [-0.2, -0.15) is 0 Å². The van der Waals surface area contributed by atoms with Gasteiger partial charge in [-0.05, 0) is 38.0 Å². The third kappa shape index (κ3) is 4.44. The van der Waals surface area contributed by atoms with Gasteiger partial charge in [-0.15, -0.1) is 0 Å². The second kappa shape index (κ2) is 7.92. The first-order valence-corrected chi connectivity index (χ1v) is 8.76. The normalized spacial score (nSPS) is 14.7. The second-order valence-electron chi connectivity index (χ2n) is 6.49. The number of amides is 2. The predicted octanol–water partition coefficient (Wildman–Crippen LogP) is 3.66. The molecule has 1 fully saturated rings. The van der Waals surface area contributed by atoms with Crippen LogP contribution in [0, 0.1) is 6.92 Å². The number of nitrogens with one attached hydrogen (secondary N) is 1. The fraction of sp³-hybridized carbons (Fsp3) is 0.350. The van der Waals surface area contributed by atoms with E-state index in [0.29, 0.717) is 11.1 Å². The molecule has 130 valence electrons. The molecule has 2 aromatic rings. The topological polar surface area (TPSA) is 62.3 Å². The van der Waals surface area contributed by atoms with Crippen LogP contribution in [-0.4, -0.2) is 34.8 Å². The van der Waals surface area contributed by atoms with Crippen LogP contribution in [0.25, 0.3) is 0 Å². The molecule has 5 nitrogen and oxygen atoms in total. The molecule has 0 bridgehead atoms. The lowest BCUT2D eigenvalue weighted by molar-refractivity contribution is 0.0761. The molecular formula is C20H23N3O2. The lowest BCUT2D eigenvalue weighted by Crippen LogP contribution is -2.32. The minimum atomic E-state index is -0.262. The van der Waals surface area contributed by atoms with Crippen LogP contribution in [0.3, 0.4) is 0 Å². The summed E-state index contributed by atoms with van der Waals surface area (Å²) < 4.78 is 0. The van der Waals surface area contributed by atoms with E-state index in [4.69, 9.17) is 0 Å². The molecular weight excluding hydrogens is 314 g/mol. The summed E-state index contributed by atoms with van der Waals surface area (Å²) in [6.07, 6.45) is 7.43. The van der Waals surface area contributed by atoms with Crippen LogP contribution in [0.2, 0.25) is 0 Å². The second-order valence-corrected chi connectivity index (χ2v) is 6.49. The third-order valence-electron chi connectivity index (χ3n) is 4.45. The van der Waals surface area contributed by atoms with Gasteiger partial charge in [0.15, 0.2) is 0 Å². The van der Waals surface area contributed by atoms with Crippen LogP contribution >= 0.6 is 0 Å². The Kier molecular flexibility index (Phi) is 5.43. The lowest BCUT2D eigenvalue weighted by Gasteiger charge is -2.20. The number of benzene rings is 1. The Hall–Kier alpha value is -2.69. The Morgan fingerprint density at radius 2 is 1.60 bits per heavy atom. The van der Waals surface area contributed by atoms with Crippen LogP contribution in [0.15, 0.2) is 42.7 Å². The quantitative estimate of drug-likeness (QED) is 0.930.